The van der Waals surface area contributed by atoms with Gasteiger partial charge in [0, 0.05) is 15.4 Å². The zero-order valence-electron chi connectivity index (χ0n) is 11.6. The molecule has 2 rings (SSSR count). The Morgan fingerprint density at radius 1 is 1.19 bits per heavy atom. The third-order valence-electron chi connectivity index (χ3n) is 2.99. The largest absolute Gasteiger partial charge is 0.481 e. The smallest absolute Gasteiger partial charge is 0.148 e. The molecular formula is C17H18NO2P. The molecule has 0 aromatic heterocycles. The minimum Gasteiger partial charge on any atom is -0.481 e. The van der Waals surface area contributed by atoms with E-state index in [4.69, 9.17) is 11.2 Å². The molecule has 3 nitrogen and oxygen atoms in total. The summed E-state index contributed by atoms with van der Waals surface area (Å²) in [6, 6.07) is 17.7. The quantitative estimate of drug-likeness (QED) is 0.610. The van der Waals surface area contributed by atoms with Gasteiger partial charge in [0.2, 0.25) is 0 Å². The molecule has 0 amide bonds. The van der Waals surface area contributed by atoms with Gasteiger partial charge in [-0.15, -0.1) is 6.42 Å². The average molecular weight is 299 g/mol. The number of terminal acetylenes is 1. The summed E-state index contributed by atoms with van der Waals surface area (Å²) in [5.74, 6) is 3.15. The minimum absolute atomic E-state index is 0.0542. The second-order valence-electron chi connectivity index (χ2n) is 4.49. The van der Waals surface area contributed by atoms with Crippen molar-refractivity contribution in [2.75, 3.05) is 6.61 Å². The van der Waals surface area contributed by atoms with Gasteiger partial charge in [0.15, 0.2) is 0 Å². The third kappa shape index (κ3) is 4.88. The average Bonchev–Trinajstić information content (AvgIpc) is 2.55. The van der Waals surface area contributed by atoms with E-state index in [1.165, 1.54) is 0 Å². The number of benzene rings is 2. The molecule has 0 spiro atoms. The minimum atomic E-state index is -0.193. The molecule has 4 heteroatoms. The molecule has 0 aliphatic rings. The molecule has 0 aliphatic heterocycles. The maximum atomic E-state index is 9.55. The molecule has 2 unspecified atom stereocenters. The Hall–Kier alpha value is -1.85. The van der Waals surface area contributed by atoms with E-state index in [1.807, 2.05) is 54.6 Å². The summed E-state index contributed by atoms with van der Waals surface area (Å²) in [6.07, 6.45) is 5.18. The lowest BCUT2D eigenvalue weighted by molar-refractivity contribution is 0.370. The normalized spacial score (nSPS) is 12.2. The molecule has 0 heterocycles. The van der Waals surface area contributed by atoms with Gasteiger partial charge in [0.05, 0.1) is 5.78 Å². The number of nitrogens with one attached hydrogen (secondary N) is 1. The molecule has 2 aromatic carbocycles. The van der Waals surface area contributed by atoms with Gasteiger partial charge in [-0.05, 0) is 23.3 Å². The van der Waals surface area contributed by atoms with Crippen LogP contribution in [0.4, 0.5) is 0 Å². The van der Waals surface area contributed by atoms with Crippen LogP contribution < -0.4 is 10.1 Å². The Bertz CT molecular complexity index is 595. The van der Waals surface area contributed by atoms with Crippen LogP contribution in [0.2, 0.25) is 0 Å². The molecule has 108 valence electrons. The maximum Gasteiger partial charge on any atom is 0.148 e. The Balaban J connectivity index is 1.97. The zero-order chi connectivity index (χ0) is 14.9. The van der Waals surface area contributed by atoms with E-state index < -0.39 is 0 Å². The lowest BCUT2D eigenvalue weighted by Gasteiger charge is -2.16. The highest BCUT2D eigenvalue weighted by Gasteiger charge is 2.09. The van der Waals surface area contributed by atoms with E-state index >= 15 is 0 Å². The standard InChI is InChI=1S/C17H18NO2P/c1-2-11-20-16-10-6-7-14(12-16)13-18-17(21-19)15-8-4-3-5-9-15/h1,3-10,12,17-19,21H,11,13H2. The predicted molar refractivity (Wildman–Crippen MR) is 87.3 cm³/mol. The molecule has 0 saturated carbocycles. The van der Waals surface area contributed by atoms with Crippen molar-refractivity contribution >= 4 is 8.81 Å². The molecule has 0 bridgehead atoms. The number of rotatable bonds is 7. The van der Waals surface area contributed by atoms with Crippen molar-refractivity contribution in [3.05, 3.63) is 65.7 Å². The lowest BCUT2D eigenvalue weighted by Crippen LogP contribution is -2.17. The Labute approximate surface area is 127 Å². The highest BCUT2D eigenvalue weighted by molar-refractivity contribution is 7.31. The first-order valence-electron chi connectivity index (χ1n) is 6.66. The Kier molecular flexibility index (Phi) is 6.24. The molecule has 2 atom stereocenters. The van der Waals surface area contributed by atoms with Crippen molar-refractivity contribution in [3.8, 4) is 18.1 Å². The molecule has 2 N–H and O–H groups in total. The van der Waals surface area contributed by atoms with Gasteiger partial charge in [0.1, 0.15) is 12.4 Å². The Morgan fingerprint density at radius 2 is 2.00 bits per heavy atom. The van der Waals surface area contributed by atoms with Gasteiger partial charge in [-0.3, -0.25) is 0 Å². The van der Waals surface area contributed by atoms with Crippen molar-refractivity contribution in [3.63, 3.8) is 0 Å². The van der Waals surface area contributed by atoms with Gasteiger partial charge in [0.25, 0.3) is 0 Å². The third-order valence-corrected chi connectivity index (χ3v) is 3.79. The van der Waals surface area contributed by atoms with Crippen molar-refractivity contribution in [2.45, 2.75) is 12.3 Å². The topological polar surface area (TPSA) is 41.5 Å². The van der Waals surface area contributed by atoms with Crippen LogP contribution in [-0.4, -0.2) is 11.5 Å². The van der Waals surface area contributed by atoms with E-state index in [1.54, 1.807) is 0 Å². The first kappa shape index (κ1) is 15.5. The van der Waals surface area contributed by atoms with Crippen LogP contribution >= 0.6 is 8.81 Å². The summed E-state index contributed by atoms with van der Waals surface area (Å²) in [6.45, 7) is 0.919. The zero-order valence-corrected chi connectivity index (χ0v) is 12.6. The molecule has 0 aliphatic carbocycles. The molecule has 0 fully saturated rings. The van der Waals surface area contributed by atoms with Crippen LogP contribution in [0.5, 0.6) is 5.75 Å². The number of ether oxygens (including phenoxy) is 1. The van der Waals surface area contributed by atoms with Gasteiger partial charge in [-0.25, -0.2) is 0 Å². The van der Waals surface area contributed by atoms with E-state index in [9.17, 15) is 4.89 Å². The van der Waals surface area contributed by atoms with Crippen LogP contribution in [0, 0.1) is 12.3 Å². The second kappa shape index (κ2) is 8.44. The SMILES string of the molecule is C#CCOc1cccc(CNC(PO)c2ccccc2)c1. The monoisotopic (exact) mass is 299 g/mol. The lowest BCUT2D eigenvalue weighted by atomic mass is 10.2. The van der Waals surface area contributed by atoms with Crippen molar-refractivity contribution in [1.29, 1.82) is 0 Å². The fourth-order valence-electron chi connectivity index (χ4n) is 1.97. The number of hydrogen-bond acceptors (Lipinski definition) is 3. The molecule has 0 radical (unpaired) electrons. The summed E-state index contributed by atoms with van der Waals surface area (Å²) < 4.78 is 5.40. The van der Waals surface area contributed by atoms with Crippen LogP contribution in [-0.2, 0) is 6.54 Å². The van der Waals surface area contributed by atoms with Crippen molar-refractivity contribution in [2.24, 2.45) is 0 Å². The van der Waals surface area contributed by atoms with Crippen molar-refractivity contribution in [1.82, 2.24) is 5.32 Å². The van der Waals surface area contributed by atoms with Crippen LogP contribution in [0.1, 0.15) is 16.9 Å². The maximum absolute atomic E-state index is 9.55. The van der Waals surface area contributed by atoms with E-state index in [0.29, 0.717) is 6.54 Å². The first-order valence-corrected chi connectivity index (χ1v) is 7.69. The van der Waals surface area contributed by atoms with Crippen LogP contribution in [0.3, 0.4) is 0 Å². The highest BCUT2D eigenvalue weighted by Crippen LogP contribution is 2.28. The van der Waals surface area contributed by atoms with Crippen LogP contribution in [0.25, 0.3) is 0 Å². The van der Waals surface area contributed by atoms with E-state index in [-0.39, 0.29) is 21.2 Å². The van der Waals surface area contributed by atoms with E-state index in [0.717, 1.165) is 16.9 Å². The Morgan fingerprint density at radius 3 is 2.71 bits per heavy atom. The van der Waals surface area contributed by atoms with Gasteiger partial charge in [-0.1, -0.05) is 48.4 Å². The second-order valence-corrected chi connectivity index (χ2v) is 5.33. The molecule has 0 saturated heterocycles. The fraction of sp³-hybridized carbons (Fsp3) is 0.176. The summed E-state index contributed by atoms with van der Waals surface area (Å²) in [5, 5.41) is 3.35. The van der Waals surface area contributed by atoms with Gasteiger partial charge < -0.3 is 14.9 Å². The summed E-state index contributed by atoms with van der Waals surface area (Å²) in [7, 11) is -0.193. The van der Waals surface area contributed by atoms with Gasteiger partial charge >= 0.3 is 0 Å². The summed E-state index contributed by atoms with van der Waals surface area (Å²) in [4.78, 5) is 9.55. The summed E-state index contributed by atoms with van der Waals surface area (Å²) in [5.41, 5.74) is 2.17. The highest BCUT2D eigenvalue weighted by atomic mass is 31.1. The van der Waals surface area contributed by atoms with Crippen LogP contribution in [0.15, 0.2) is 54.6 Å². The van der Waals surface area contributed by atoms with Gasteiger partial charge in [-0.2, -0.15) is 0 Å². The number of hydrogen-bond donors (Lipinski definition) is 2. The fourth-order valence-corrected chi connectivity index (χ4v) is 2.51. The molecular weight excluding hydrogens is 281 g/mol. The molecule has 2 aromatic rings. The molecule has 21 heavy (non-hydrogen) atoms. The predicted octanol–water partition coefficient (Wildman–Crippen LogP) is 3.07. The van der Waals surface area contributed by atoms with Crippen molar-refractivity contribution < 1.29 is 9.63 Å². The van der Waals surface area contributed by atoms with E-state index in [2.05, 4.69) is 11.2 Å². The first-order chi connectivity index (χ1) is 10.3. The summed E-state index contributed by atoms with van der Waals surface area (Å²) >= 11 is 0.